The van der Waals surface area contributed by atoms with Crippen molar-refractivity contribution in [3.05, 3.63) is 71.8 Å². The first-order valence-electron chi connectivity index (χ1n) is 14.6. The number of carbonyl (C=O) groups excluding carboxylic acids is 4. The van der Waals surface area contributed by atoms with Gasteiger partial charge in [-0.25, -0.2) is 0 Å². The fourth-order valence-electron chi connectivity index (χ4n) is 7.06. The zero-order chi connectivity index (χ0) is 28.2. The van der Waals surface area contributed by atoms with Crippen molar-refractivity contribution >= 4 is 23.4 Å². The lowest BCUT2D eigenvalue weighted by Crippen LogP contribution is -2.58. The van der Waals surface area contributed by atoms with Crippen molar-refractivity contribution in [2.75, 3.05) is 0 Å². The molecule has 0 aromatic heterocycles. The van der Waals surface area contributed by atoms with Crippen LogP contribution in [0, 0.1) is 11.8 Å². The Bertz CT molecular complexity index is 1120. The van der Waals surface area contributed by atoms with Crippen LogP contribution in [-0.4, -0.2) is 57.3 Å². The standard InChI is InChI=1S/2C16H20N2O2/c2*17-13-7-4-8-14-12(13)9-15(19)16(20)18(14)10-11-5-2-1-3-6-11/h2*1-3,5-6,12-14H,4,7-10,17H2/t2*12-,13+,14-/m10/s1. The highest BCUT2D eigenvalue weighted by atomic mass is 16.2. The highest BCUT2D eigenvalue weighted by Crippen LogP contribution is 2.36. The Morgan fingerprint density at radius 2 is 0.950 bits per heavy atom. The molecule has 4 fully saturated rings. The van der Waals surface area contributed by atoms with Crippen LogP contribution in [0.2, 0.25) is 0 Å². The molecule has 40 heavy (non-hydrogen) atoms. The van der Waals surface area contributed by atoms with E-state index >= 15 is 0 Å². The first kappa shape index (κ1) is 28.2. The molecule has 0 unspecified atom stereocenters. The number of fused-ring (bicyclic) bond motifs is 2. The SMILES string of the molecule is N[C@@H]1CCC[C@H]2[C@H]1CC(=O)C(=O)N2Cc1ccccc1.N[C@H]1CCC[C@@H]2[C@@H]1CC(=O)C(=O)N2Cc1ccccc1. The third kappa shape index (κ3) is 6.03. The van der Waals surface area contributed by atoms with Crippen molar-refractivity contribution in [3.8, 4) is 0 Å². The van der Waals surface area contributed by atoms with Crippen LogP contribution in [0.5, 0.6) is 0 Å². The van der Waals surface area contributed by atoms with Crippen molar-refractivity contribution in [2.45, 2.75) is 88.6 Å². The quantitative estimate of drug-likeness (QED) is 0.570. The number of benzene rings is 2. The molecule has 2 saturated heterocycles. The second kappa shape index (κ2) is 12.4. The van der Waals surface area contributed by atoms with Gasteiger partial charge in [-0.05, 0) is 49.7 Å². The molecule has 2 heterocycles. The second-order valence-corrected chi connectivity index (χ2v) is 11.7. The minimum absolute atomic E-state index is 0.0454. The number of nitrogens with zero attached hydrogens (tertiary/aromatic N) is 2. The van der Waals surface area contributed by atoms with Crippen LogP contribution in [-0.2, 0) is 32.3 Å². The summed E-state index contributed by atoms with van der Waals surface area (Å²) in [5.74, 6) is -0.942. The Kier molecular flexibility index (Phi) is 8.76. The molecule has 2 saturated carbocycles. The highest BCUT2D eigenvalue weighted by molar-refractivity contribution is 6.37. The van der Waals surface area contributed by atoms with Crippen molar-refractivity contribution in [3.63, 3.8) is 0 Å². The van der Waals surface area contributed by atoms with E-state index in [1.807, 2.05) is 60.7 Å². The van der Waals surface area contributed by atoms with Gasteiger partial charge in [-0.3, -0.25) is 19.2 Å². The average molecular weight is 545 g/mol. The third-order valence-corrected chi connectivity index (χ3v) is 9.20. The van der Waals surface area contributed by atoms with E-state index < -0.39 is 0 Å². The van der Waals surface area contributed by atoms with Gasteiger partial charge in [-0.1, -0.05) is 60.7 Å². The molecule has 2 aromatic rings. The summed E-state index contributed by atoms with van der Waals surface area (Å²) in [6.45, 7) is 1.03. The molecule has 2 aliphatic carbocycles. The number of Topliss-reactive ketones (excluding diaryl/α,β-unsaturated/α-hetero) is 2. The Morgan fingerprint density at radius 3 is 1.32 bits per heavy atom. The number of ketones is 2. The van der Waals surface area contributed by atoms with E-state index in [2.05, 4.69) is 0 Å². The van der Waals surface area contributed by atoms with Gasteiger partial charge >= 0.3 is 0 Å². The van der Waals surface area contributed by atoms with E-state index in [4.69, 9.17) is 11.5 Å². The normalized spacial score (nSPS) is 30.2. The monoisotopic (exact) mass is 544 g/mol. The number of hydrogen-bond donors (Lipinski definition) is 2. The molecule has 8 heteroatoms. The molecule has 4 N–H and O–H groups in total. The molecule has 2 aromatic carbocycles. The van der Waals surface area contributed by atoms with Gasteiger partial charge in [0.1, 0.15) is 0 Å². The Balaban J connectivity index is 0.000000161. The van der Waals surface area contributed by atoms with Crippen LogP contribution in [0.15, 0.2) is 60.7 Å². The van der Waals surface area contributed by atoms with Crippen LogP contribution in [0.25, 0.3) is 0 Å². The maximum absolute atomic E-state index is 12.2. The number of carbonyl (C=O) groups is 4. The summed E-state index contributed by atoms with van der Waals surface area (Å²) in [6.07, 6.45) is 6.58. The summed E-state index contributed by atoms with van der Waals surface area (Å²) in [5.41, 5.74) is 14.5. The Labute approximate surface area is 236 Å². The van der Waals surface area contributed by atoms with Gasteiger partial charge < -0.3 is 21.3 Å². The van der Waals surface area contributed by atoms with E-state index in [9.17, 15) is 19.2 Å². The summed E-state index contributed by atoms with van der Waals surface area (Å²) in [5, 5.41) is 0. The molecule has 6 rings (SSSR count). The van der Waals surface area contributed by atoms with Gasteiger partial charge in [0.15, 0.2) is 0 Å². The van der Waals surface area contributed by atoms with Gasteiger partial charge in [0.25, 0.3) is 11.8 Å². The number of nitrogens with two attached hydrogens (primary N) is 2. The molecule has 0 radical (unpaired) electrons. The largest absolute Gasteiger partial charge is 0.328 e. The maximum Gasteiger partial charge on any atom is 0.290 e. The molecule has 8 nitrogen and oxygen atoms in total. The predicted octanol–water partition coefficient (Wildman–Crippen LogP) is 2.97. The summed E-state index contributed by atoms with van der Waals surface area (Å²) in [6, 6.07) is 20.0. The first-order valence-corrected chi connectivity index (χ1v) is 14.6. The Hall–Kier alpha value is -3.36. The van der Waals surface area contributed by atoms with Gasteiger partial charge in [-0.2, -0.15) is 0 Å². The smallest absolute Gasteiger partial charge is 0.290 e. The predicted molar refractivity (Wildman–Crippen MR) is 151 cm³/mol. The van der Waals surface area contributed by atoms with E-state index in [-0.39, 0.29) is 59.4 Å². The maximum atomic E-state index is 12.2. The van der Waals surface area contributed by atoms with E-state index in [1.54, 1.807) is 9.80 Å². The molecule has 4 aliphatic rings. The van der Waals surface area contributed by atoms with Crippen LogP contribution in [0.3, 0.4) is 0 Å². The van der Waals surface area contributed by atoms with Crippen molar-refractivity contribution in [1.29, 1.82) is 0 Å². The van der Waals surface area contributed by atoms with Gasteiger partial charge in [0.2, 0.25) is 11.6 Å². The molecule has 0 bridgehead atoms. The van der Waals surface area contributed by atoms with E-state index in [1.165, 1.54) is 0 Å². The fourth-order valence-corrected chi connectivity index (χ4v) is 7.06. The fraction of sp³-hybridized carbons (Fsp3) is 0.500. The van der Waals surface area contributed by atoms with E-state index in [0.29, 0.717) is 25.9 Å². The average Bonchev–Trinajstić information content (AvgIpc) is 2.96. The zero-order valence-electron chi connectivity index (χ0n) is 23.0. The van der Waals surface area contributed by atoms with Crippen molar-refractivity contribution in [2.24, 2.45) is 23.3 Å². The topological polar surface area (TPSA) is 127 Å². The van der Waals surface area contributed by atoms with Gasteiger partial charge in [0, 0.05) is 61.9 Å². The number of amides is 2. The number of rotatable bonds is 4. The minimum Gasteiger partial charge on any atom is -0.328 e. The molecular weight excluding hydrogens is 504 g/mol. The summed E-state index contributed by atoms with van der Waals surface area (Å²) in [7, 11) is 0. The van der Waals surface area contributed by atoms with Crippen LogP contribution < -0.4 is 11.5 Å². The number of likely N-dealkylation sites (tertiary alicyclic amines) is 2. The lowest BCUT2D eigenvalue weighted by molar-refractivity contribution is -0.154. The first-order chi connectivity index (χ1) is 19.3. The third-order valence-electron chi connectivity index (χ3n) is 9.20. The molecule has 2 aliphatic heterocycles. The minimum atomic E-state index is -0.329. The van der Waals surface area contributed by atoms with Crippen molar-refractivity contribution < 1.29 is 19.2 Å². The number of piperidine rings is 2. The number of hydrogen-bond acceptors (Lipinski definition) is 6. The summed E-state index contributed by atoms with van der Waals surface area (Å²) >= 11 is 0. The lowest BCUT2D eigenvalue weighted by Gasteiger charge is -2.45. The van der Waals surface area contributed by atoms with Gasteiger partial charge in [-0.15, -0.1) is 0 Å². The van der Waals surface area contributed by atoms with Crippen LogP contribution >= 0.6 is 0 Å². The molecule has 0 spiro atoms. The van der Waals surface area contributed by atoms with E-state index in [0.717, 1.165) is 49.7 Å². The molecule has 2 amide bonds. The van der Waals surface area contributed by atoms with Crippen LogP contribution in [0.1, 0.15) is 62.5 Å². The molecule has 6 atom stereocenters. The molecular formula is C32H40N4O4. The zero-order valence-corrected chi connectivity index (χ0v) is 23.0. The van der Waals surface area contributed by atoms with Gasteiger partial charge in [0.05, 0.1) is 0 Å². The molecule has 212 valence electrons. The van der Waals surface area contributed by atoms with Crippen LogP contribution in [0.4, 0.5) is 0 Å². The lowest BCUT2D eigenvalue weighted by atomic mass is 9.74. The van der Waals surface area contributed by atoms with Crippen molar-refractivity contribution in [1.82, 2.24) is 9.80 Å². The Morgan fingerprint density at radius 1 is 0.575 bits per heavy atom. The second-order valence-electron chi connectivity index (χ2n) is 11.7. The summed E-state index contributed by atoms with van der Waals surface area (Å²) in [4.78, 5) is 51.9. The highest BCUT2D eigenvalue weighted by Gasteiger charge is 2.45. The summed E-state index contributed by atoms with van der Waals surface area (Å²) < 4.78 is 0.